The smallest absolute Gasteiger partial charge is 0.870 e. The SMILES string of the molecule is O=C([O-])[O-].O=C([O-])[O-].[Mg+2].[Mg+2].[Mg+2].[OH-]. The van der Waals surface area contributed by atoms with Crippen LogP contribution >= 0.6 is 0 Å². The van der Waals surface area contributed by atoms with Crippen molar-refractivity contribution in [1.29, 1.82) is 0 Å². The summed E-state index contributed by atoms with van der Waals surface area (Å²) in [4.78, 5) is 16.7. The molecule has 0 aliphatic carbocycles. The Kier molecular flexibility index (Phi) is 95.6. The van der Waals surface area contributed by atoms with Gasteiger partial charge in [0.2, 0.25) is 0 Å². The maximum Gasteiger partial charge on any atom is 2.00 e. The summed E-state index contributed by atoms with van der Waals surface area (Å²) in [5.74, 6) is 0. The van der Waals surface area contributed by atoms with Crippen LogP contribution < -0.4 is 20.4 Å². The van der Waals surface area contributed by atoms with E-state index in [4.69, 9.17) is 30.0 Å². The largest absolute Gasteiger partial charge is 2.00 e. The van der Waals surface area contributed by atoms with Gasteiger partial charge < -0.3 is 35.5 Å². The Labute approximate surface area is 116 Å². The first kappa shape index (κ1) is 38.5. The van der Waals surface area contributed by atoms with E-state index in [1.54, 1.807) is 0 Å². The summed E-state index contributed by atoms with van der Waals surface area (Å²) in [6, 6.07) is 0. The van der Waals surface area contributed by atoms with Crippen LogP contribution in [0, 0.1) is 0 Å². The molecule has 12 heavy (non-hydrogen) atoms. The van der Waals surface area contributed by atoms with Crippen molar-refractivity contribution >= 4 is 81.5 Å². The first-order chi connectivity index (χ1) is 3.46. The van der Waals surface area contributed by atoms with E-state index >= 15 is 0 Å². The predicted molar refractivity (Wildman–Crippen MR) is 30.0 cm³/mol. The average Bonchev–Trinajstić information content (AvgIpc) is 1.25. The molecule has 10 heteroatoms. The quantitative estimate of drug-likeness (QED) is 0.359. The zero-order chi connectivity index (χ0) is 7.15. The standard InChI is InChI=1S/2CH2O3.3Mg.H2O/c2*2-1(3)4;;;;/h2*(H2,2,3,4);;;;1H2/q;;3*+2;/p-5. The van der Waals surface area contributed by atoms with Crippen molar-refractivity contribution in [2.75, 3.05) is 0 Å². The van der Waals surface area contributed by atoms with E-state index in [0.29, 0.717) is 0 Å². The molecule has 0 bridgehead atoms. The molecule has 0 unspecified atom stereocenters. The Morgan fingerprint density at radius 2 is 0.667 bits per heavy atom. The monoisotopic (exact) mass is 209 g/mol. The van der Waals surface area contributed by atoms with Crippen LogP contribution in [0.4, 0.5) is 9.59 Å². The van der Waals surface area contributed by atoms with Crippen LogP contribution in [-0.2, 0) is 0 Å². The molecule has 0 spiro atoms. The molecule has 0 aromatic carbocycles. The Bertz CT molecular complexity index is 74.7. The Balaban J connectivity index is -0.0000000112. The van der Waals surface area contributed by atoms with Crippen LogP contribution in [0.15, 0.2) is 0 Å². The van der Waals surface area contributed by atoms with Crippen LogP contribution in [0.25, 0.3) is 0 Å². The van der Waals surface area contributed by atoms with Gasteiger partial charge in [-0.1, -0.05) is 0 Å². The summed E-state index contributed by atoms with van der Waals surface area (Å²) in [5.41, 5.74) is 0. The van der Waals surface area contributed by atoms with E-state index in [1.165, 1.54) is 0 Å². The third-order valence-corrected chi connectivity index (χ3v) is 0. The normalized spacial score (nSPS) is 4.00. The number of hydrogen-bond donors (Lipinski definition) is 0. The molecule has 0 aliphatic rings. The molecule has 0 atom stereocenters. The molecule has 0 aliphatic heterocycles. The van der Waals surface area contributed by atoms with Crippen molar-refractivity contribution in [2.45, 2.75) is 0 Å². The molecule has 7 nitrogen and oxygen atoms in total. The molecule has 0 heterocycles. The van der Waals surface area contributed by atoms with Crippen molar-refractivity contribution in [1.82, 2.24) is 0 Å². The van der Waals surface area contributed by atoms with Crippen LogP contribution in [0.2, 0.25) is 0 Å². The number of carbonyl (C=O) groups excluding carboxylic acids is 2. The van der Waals surface area contributed by atoms with Gasteiger partial charge in [0, 0.05) is 0 Å². The number of hydrogen-bond acceptors (Lipinski definition) is 7. The molecule has 0 rings (SSSR count). The molecule has 1 N–H and O–H groups in total. The van der Waals surface area contributed by atoms with Gasteiger partial charge in [-0.15, -0.1) is 0 Å². The molecule has 0 aromatic rings. The summed E-state index contributed by atoms with van der Waals surface area (Å²) in [7, 11) is 0. The van der Waals surface area contributed by atoms with Crippen molar-refractivity contribution in [3.63, 3.8) is 0 Å². The number of carboxylic acid groups (broad SMARTS) is 4. The second-order valence-electron chi connectivity index (χ2n) is 0.500. The van der Waals surface area contributed by atoms with Gasteiger partial charge in [0.15, 0.2) is 0 Å². The molecule has 0 radical (unpaired) electrons. The van der Waals surface area contributed by atoms with Gasteiger partial charge in [-0.25, -0.2) is 0 Å². The van der Waals surface area contributed by atoms with Gasteiger partial charge in [-0.2, -0.15) is 0 Å². The molecule has 56 valence electrons. The fraction of sp³-hybridized carbons (Fsp3) is 0. The number of carbonyl (C=O) groups is 2. The first-order valence-electron chi connectivity index (χ1n) is 1.22. The predicted octanol–water partition coefficient (Wildman–Crippen LogP) is -6.21. The van der Waals surface area contributed by atoms with E-state index in [0.717, 1.165) is 0 Å². The fourth-order valence-corrected chi connectivity index (χ4v) is 0. The van der Waals surface area contributed by atoms with Crippen LogP contribution in [0.1, 0.15) is 0 Å². The first-order valence-corrected chi connectivity index (χ1v) is 1.22. The number of rotatable bonds is 0. The fourth-order valence-electron chi connectivity index (χ4n) is 0. The van der Waals surface area contributed by atoms with Crippen molar-refractivity contribution < 1.29 is 35.5 Å². The Hall–Kier alpha value is 0.799. The molecular weight excluding hydrogens is 209 g/mol. The second-order valence-corrected chi connectivity index (χ2v) is 0.500. The zero-order valence-electron chi connectivity index (χ0n) is 6.02. The van der Waals surface area contributed by atoms with E-state index in [9.17, 15) is 0 Å². The maximum atomic E-state index is 8.33. The molecular formula is C2HMg3O7+. The van der Waals surface area contributed by atoms with Crippen LogP contribution in [0.5, 0.6) is 0 Å². The summed E-state index contributed by atoms with van der Waals surface area (Å²) in [5, 5.41) is 33.3. The molecule has 0 aromatic heterocycles. The van der Waals surface area contributed by atoms with Crippen molar-refractivity contribution in [2.24, 2.45) is 0 Å². The van der Waals surface area contributed by atoms with E-state index in [-0.39, 0.29) is 74.6 Å². The van der Waals surface area contributed by atoms with Crippen molar-refractivity contribution in [3.05, 3.63) is 0 Å². The Morgan fingerprint density at radius 1 is 0.667 bits per heavy atom. The molecule has 0 saturated carbocycles. The summed E-state index contributed by atoms with van der Waals surface area (Å²) >= 11 is 0. The zero-order valence-corrected chi connectivity index (χ0v) is 10.3. The van der Waals surface area contributed by atoms with Crippen molar-refractivity contribution in [3.8, 4) is 0 Å². The topological polar surface area (TPSA) is 156 Å². The third kappa shape index (κ3) is 1630. The van der Waals surface area contributed by atoms with Crippen LogP contribution in [0.3, 0.4) is 0 Å². The van der Waals surface area contributed by atoms with E-state index < -0.39 is 12.3 Å². The summed E-state index contributed by atoms with van der Waals surface area (Å²) in [6.45, 7) is 0. The molecule has 0 amide bonds. The Morgan fingerprint density at radius 3 is 0.667 bits per heavy atom. The third-order valence-electron chi connectivity index (χ3n) is 0. The van der Waals surface area contributed by atoms with Gasteiger partial charge in [0.25, 0.3) is 0 Å². The second kappa shape index (κ2) is 29.8. The van der Waals surface area contributed by atoms with E-state index in [1.807, 2.05) is 0 Å². The minimum atomic E-state index is -2.33. The maximum absolute atomic E-state index is 8.33. The van der Waals surface area contributed by atoms with Gasteiger partial charge >= 0.3 is 69.2 Å². The molecule has 0 fully saturated rings. The van der Waals surface area contributed by atoms with Gasteiger partial charge in [-0.05, 0) is 12.3 Å². The van der Waals surface area contributed by atoms with Crippen LogP contribution in [-0.4, -0.2) is 86.9 Å². The molecule has 0 saturated heterocycles. The van der Waals surface area contributed by atoms with Gasteiger partial charge in [0.05, 0.1) is 0 Å². The van der Waals surface area contributed by atoms with Gasteiger partial charge in [0.1, 0.15) is 0 Å². The minimum Gasteiger partial charge on any atom is -0.870 e. The summed E-state index contributed by atoms with van der Waals surface area (Å²) < 4.78 is 0. The average molecular weight is 210 g/mol. The minimum absolute atomic E-state index is 0. The summed E-state index contributed by atoms with van der Waals surface area (Å²) in [6.07, 6.45) is -4.67. The van der Waals surface area contributed by atoms with E-state index in [2.05, 4.69) is 0 Å². The van der Waals surface area contributed by atoms with Gasteiger partial charge in [-0.3, -0.25) is 0 Å².